The molecule has 162 valence electrons. The second kappa shape index (κ2) is 8.83. The molecule has 4 heterocycles. The monoisotopic (exact) mass is 422 g/mol. The van der Waals surface area contributed by atoms with E-state index in [1.807, 2.05) is 13.0 Å². The van der Waals surface area contributed by atoms with Gasteiger partial charge in [-0.1, -0.05) is 12.1 Å². The molecule has 1 saturated heterocycles. The molecule has 3 aromatic heterocycles. The quantitative estimate of drug-likeness (QED) is 0.449. The molecule has 1 aliphatic rings. The van der Waals surface area contributed by atoms with E-state index in [-0.39, 0.29) is 29.1 Å². The van der Waals surface area contributed by atoms with Crippen molar-refractivity contribution in [1.82, 2.24) is 24.2 Å². The third-order valence-electron chi connectivity index (χ3n) is 5.43. The van der Waals surface area contributed by atoms with E-state index in [0.29, 0.717) is 43.0 Å². The van der Waals surface area contributed by atoms with E-state index in [2.05, 4.69) is 21.8 Å². The molecule has 31 heavy (non-hydrogen) atoms. The van der Waals surface area contributed by atoms with E-state index in [9.17, 15) is 9.59 Å². The van der Waals surface area contributed by atoms with Crippen LogP contribution in [0.5, 0.6) is 0 Å². The molecule has 2 N–H and O–H groups in total. The van der Waals surface area contributed by atoms with Gasteiger partial charge < -0.3 is 14.6 Å². The van der Waals surface area contributed by atoms with Crippen LogP contribution in [0, 0.1) is 12.3 Å². The van der Waals surface area contributed by atoms with Crippen molar-refractivity contribution in [3.05, 3.63) is 64.0 Å². The highest BCUT2D eigenvalue weighted by molar-refractivity contribution is 5.96. The summed E-state index contributed by atoms with van der Waals surface area (Å²) in [5, 5.41) is 11.8. The number of carbonyl (C=O) groups is 1. The summed E-state index contributed by atoms with van der Waals surface area (Å²) in [6, 6.07) is 5.12. The summed E-state index contributed by atoms with van der Waals surface area (Å²) in [5.74, 6) is -0.383. The Labute approximate surface area is 179 Å². The predicted octanol–water partition coefficient (Wildman–Crippen LogP) is 0.685. The number of fused-ring (bicyclic) bond motifs is 2. The first-order chi connectivity index (χ1) is 15.0. The van der Waals surface area contributed by atoms with Gasteiger partial charge in [0.05, 0.1) is 24.2 Å². The fraction of sp³-hybridized carbons (Fsp3) is 0.364. The van der Waals surface area contributed by atoms with Gasteiger partial charge in [-0.15, -0.1) is 6.58 Å². The number of hydrogen-bond donors (Lipinski definition) is 2. The molecule has 0 radical (unpaired) electrons. The number of rotatable bonds is 6. The number of hydrogen-bond acceptors (Lipinski definition) is 6. The molecule has 1 aliphatic heterocycles. The Bertz CT molecular complexity index is 1270. The molecule has 0 aromatic carbocycles. The van der Waals surface area contributed by atoms with Gasteiger partial charge in [0, 0.05) is 38.9 Å². The third-order valence-corrected chi connectivity index (χ3v) is 5.43. The second-order valence-electron chi connectivity index (χ2n) is 7.60. The maximum atomic E-state index is 13.2. The van der Waals surface area contributed by atoms with Crippen LogP contribution in [-0.2, 0) is 11.3 Å². The minimum atomic E-state index is -0.383. The first kappa shape index (κ1) is 21.0. The Kier molecular flexibility index (Phi) is 5.97. The minimum absolute atomic E-state index is 0.000339. The largest absolute Gasteiger partial charge is 0.379 e. The van der Waals surface area contributed by atoms with Gasteiger partial charge in [0.2, 0.25) is 0 Å². The topological polar surface area (TPSA) is 105 Å². The van der Waals surface area contributed by atoms with Crippen molar-refractivity contribution in [2.75, 3.05) is 39.4 Å². The molecule has 3 aromatic rings. The number of morpholine rings is 1. The summed E-state index contributed by atoms with van der Waals surface area (Å²) in [7, 11) is 0. The standard InChI is InChI=1S/C22H26N6O3/c1-3-7-27-19(23)16(21(29)24-6-8-26-9-11-31-12-10-26)13-17-20(27)25-18-5-4-15(2)14-28(18)22(17)30/h3-5,13-14,23H,1,6-12H2,2H3,(H,24,29). The van der Waals surface area contributed by atoms with E-state index in [1.54, 1.807) is 22.9 Å². The molecule has 0 bridgehead atoms. The lowest BCUT2D eigenvalue weighted by atomic mass is 10.2. The molecule has 0 spiro atoms. The van der Waals surface area contributed by atoms with Crippen LogP contribution in [0.1, 0.15) is 15.9 Å². The lowest BCUT2D eigenvalue weighted by Crippen LogP contribution is -2.42. The summed E-state index contributed by atoms with van der Waals surface area (Å²) >= 11 is 0. The van der Waals surface area contributed by atoms with Gasteiger partial charge in [-0.2, -0.15) is 0 Å². The Balaban J connectivity index is 1.73. The third kappa shape index (κ3) is 4.14. The number of aromatic nitrogens is 3. The van der Waals surface area contributed by atoms with Crippen LogP contribution in [0.4, 0.5) is 0 Å². The highest BCUT2D eigenvalue weighted by atomic mass is 16.5. The van der Waals surface area contributed by atoms with Crippen LogP contribution in [0.2, 0.25) is 0 Å². The maximum Gasteiger partial charge on any atom is 0.267 e. The van der Waals surface area contributed by atoms with Crippen molar-refractivity contribution < 1.29 is 9.53 Å². The average Bonchev–Trinajstić information content (AvgIpc) is 2.77. The van der Waals surface area contributed by atoms with Crippen LogP contribution in [0.15, 0.2) is 41.8 Å². The molecule has 9 heteroatoms. The molecule has 0 unspecified atom stereocenters. The Morgan fingerprint density at radius 3 is 2.87 bits per heavy atom. The van der Waals surface area contributed by atoms with Crippen LogP contribution < -0.4 is 16.4 Å². The van der Waals surface area contributed by atoms with Crippen molar-refractivity contribution in [2.45, 2.75) is 13.5 Å². The summed E-state index contributed by atoms with van der Waals surface area (Å²) in [6.07, 6.45) is 3.34. The SMILES string of the molecule is C=CCn1c(=N)c(C(=O)NCCN2CCOCC2)cc2c(=O)n3cc(C)ccc3nc21. The van der Waals surface area contributed by atoms with Gasteiger partial charge in [0.15, 0.2) is 0 Å². The second-order valence-corrected chi connectivity index (χ2v) is 7.60. The first-order valence-electron chi connectivity index (χ1n) is 10.3. The van der Waals surface area contributed by atoms with Crippen LogP contribution >= 0.6 is 0 Å². The average molecular weight is 422 g/mol. The first-order valence-corrected chi connectivity index (χ1v) is 10.3. The molecular weight excluding hydrogens is 396 g/mol. The lowest BCUT2D eigenvalue weighted by Gasteiger charge is -2.26. The van der Waals surface area contributed by atoms with Gasteiger partial charge in [-0.3, -0.25) is 24.3 Å². The van der Waals surface area contributed by atoms with Crippen LogP contribution in [0.25, 0.3) is 16.7 Å². The Morgan fingerprint density at radius 2 is 2.13 bits per heavy atom. The van der Waals surface area contributed by atoms with E-state index >= 15 is 0 Å². The summed E-state index contributed by atoms with van der Waals surface area (Å²) in [5.41, 5.74) is 1.64. The van der Waals surface area contributed by atoms with Gasteiger partial charge >= 0.3 is 0 Å². The van der Waals surface area contributed by atoms with E-state index in [1.165, 1.54) is 10.5 Å². The molecule has 1 amide bonds. The van der Waals surface area contributed by atoms with Crippen LogP contribution in [0.3, 0.4) is 0 Å². The van der Waals surface area contributed by atoms with E-state index < -0.39 is 0 Å². The molecular formula is C22H26N6O3. The van der Waals surface area contributed by atoms with Gasteiger partial charge in [-0.25, -0.2) is 4.98 Å². The molecule has 1 fully saturated rings. The maximum absolute atomic E-state index is 13.2. The molecule has 4 rings (SSSR count). The lowest BCUT2D eigenvalue weighted by molar-refractivity contribution is 0.0383. The normalized spacial score (nSPS) is 14.7. The summed E-state index contributed by atoms with van der Waals surface area (Å²) < 4.78 is 8.35. The number of nitrogens with one attached hydrogen (secondary N) is 2. The van der Waals surface area contributed by atoms with Crippen LogP contribution in [-0.4, -0.2) is 64.2 Å². The van der Waals surface area contributed by atoms with Crippen molar-refractivity contribution in [2.24, 2.45) is 0 Å². The zero-order valence-electron chi connectivity index (χ0n) is 17.6. The molecule has 0 atom stereocenters. The number of nitrogens with zero attached hydrogens (tertiary/aromatic N) is 4. The van der Waals surface area contributed by atoms with Crippen molar-refractivity contribution in [3.63, 3.8) is 0 Å². The summed E-state index contributed by atoms with van der Waals surface area (Å²) in [6.45, 7) is 10.1. The smallest absolute Gasteiger partial charge is 0.267 e. The van der Waals surface area contributed by atoms with E-state index in [0.717, 1.165) is 18.7 Å². The number of allylic oxidation sites excluding steroid dienone is 1. The van der Waals surface area contributed by atoms with Crippen molar-refractivity contribution in [3.8, 4) is 0 Å². The van der Waals surface area contributed by atoms with Gasteiger partial charge in [0.1, 0.15) is 16.8 Å². The number of ether oxygens (including phenoxy) is 1. The molecule has 0 aliphatic carbocycles. The fourth-order valence-corrected chi connectivity index (χ4v) is 3.77. The predicted molar refractivity (Wildman–Crippen MR) is 117 cm³/mol. The molecule has 0 saturated carbocycles. The number of pyridine rings is 2. The van der Waals surface area contributed by atoms with Crippen molar-refractivity contribution >= 4 is 22.6 Å². The van der Waals surface area contributed by atoms with E-state index in [4.69, 9.17) is 10.1 Å². The number of aryl methyl sites for hydroxylation is 1. The van der Waals surface area contributed by atoms with Gasteiger partial charge in [0.25, 0.3) is 11.5 Å². The zero-order valence-corrected chi connectivity index (χ0v) is 17.6. The Hall–Kier alpha value is -3.30. The minimum Gasteiger partial charge on any atom is -0.379 e. The highest BCUT2D eigenvalue weighted by Crippen LogP contribution is 2.11. The molecule has 9 nitrogen and oxygen atoms in total. The highest BCUT2D eigenvalue weighted by Gasteiger charge is 2.17. The Morgan fingerprint density at radius 1 is 1.35 bits per heavy atom. The number of amides is 1. The fourth-order valence-electron chi connectivity index (χ4n) is 3.77. The van der Waals surface area contributed by atoms with Crippen molar-refractivity contribution in [1.29, 1.82) is 5.41 Å². The zero-order chi connectivity index (χ0) is 22.0. The number of carbonyl (C=O) groups excluding carboxylic acids is 1. The summed E-state index contributed by atoms with van der Waals surface area (Å²) in [4.78, 5) is 32.9. The van der Waals surface area contributed by atoms with Gasteiger partial charge in [-0.05, 0) is 24.6 Å².